The summed E-state index contributed by atoms with van der Waals surface area (Å²) in [6.07, 6.45) is 1.55. The molecule has 2 aromatic carbocycles. The molecule has 0 saturated carbocycles. The summed E-state index contributed by atoms with van der Waals surface area (Å²) >= 11 is 18.7. The summed E-state index contributed by atoms with van der Waals surface area (Å²) in [4.78, 5) is 25.7. The van der Waals surface area contributed by atoms with Gasteiger partial charge in [0.15, 0.2) is 16.7 Å². The van der Waals surface area contributed by atoms with Crippen LogP contribution in [0.3, 0.4) is 0 Å². The van der Waals surface area contributed by atoms with Crippen LogP contribution in [0.1, 0.15) is 12.5 Å². The molecule has 0 aromatic heterocycles. The molecule has 1 heterocycles. The van der Waals surface area contributed by atoms with E-state index >= 15 is 0 Å². The topological polar surface area (TPSA) is 55.8 Å². The van der Waals surface area contributed by atoms with E-state index < -0.39 is 17.7 Å². The van der Waals surface area contributed by atoms with E-state index in [2.05, 4.69) is 0 Å². The third-order valence-corrected chi connectivity index (χ3v) is 5.71. The number of halogens is 3. The minimum Gasteiger partial charge on any atom is -0.479 e. The third-order valence-electron chi connectivity index (χ3n) is 3.85. The number of anilines is 1. The monoisotopic (exact) mass is 485 g/mol. The van der Waals surface area contributed by atoms with Gasteiger partial charge in [0.05, 0.1) is 27.2 Å². The maximum atomic E-state index is 14.1. The lowest BCUT2D eigenvalue weighted by molar-refractivity contribution is -0.145. The molecule has 0 bridgehead atoms. The predicted molar refractivity (Wildman–Crippen MR) is 121 cm³/mol. The Morgan fingerprint density at radius 3 is 2.57 bits per heavy atom. The molecule has 1 saturated heterocycles. The fourth-order valence-corrected chi connectivity index (χ4v) is 4.49. The van der Waals surface area contributed by atoms with Crippen molar-refractivity contribution >= 4 is 75.1 Å². The molecule has 0 aliphatic carbocycles. The van der Waals surface area contributed by atoms with Crippen molar-refractivity contribution in [3.63, 3.8) is 0 Å². The van der Waals surface area contributed by atoms with E-state index in [1.54, 1.807) is 19.1 Å². The Kier molecular flexibility index (Phi) is 7.36. The first-order valence-electron chi connectivity index (χ1n) is 8.61. The van der Waals surface area contributed by atoms with E-state index in [4.69, 9.17) is 44.9 Å². The highest BCUT2D eigenvalue weighted by molar-refractivity contribution is 8.27. The Morgan fingerprint density at radius 1 is 1.27 bits per heavy atom. The second-order valence-electron chi connectivity index (χ2n) is 5.88. The van der Waals surface area contributed by atoms with Crippen LogP contribution in [-0.2, 0) is 14.3 Å². The molecule has 3 rings (SSSR count). The van der Waals surface area contributed by atoms with Crippen molar-refractivity contribution in [1.82, 2.24) is 0 Å². The SMILES string of the molecule is CCOC(=O)COc1c(Cl)cc(/C=C2/SC(=S)N(c3ccccc3F)C2=O)cc1Cl. The average molecular weight is 486 g/mol. The van der Waals surface area contributed by atoms with Crippen LogP contribution in [0.2, 0.25) is 10.0 Å². The molecular weight excluding hydrogens is 472 g/mol. The molecule has 5 nitrogen and oxygen atoms in total. The van der Waals surface area contributed by atoms with Gasteiger partial charge in [0, 0.05) is 0 Å². The fraction of sp³-hybridized carbons (Fsp3) is 0.150. The van der Waals surface area contributed by atoms with Crippen LogP contribution < -0.4 is 9.64 Å². The molecular formula is C20H14Cl2FNO4S2. The minimum atomic E-state index is -0.552. The molecule has 2 aromatic rings. The van der Waals surface area contributed by atoms with E-state index in [0.717, 1.165) is 16.7 Å². The molecule has 0 radical (unpaired) electrons. The van der Waals surface area contributed by atoms with Gasteiger partial charge in [-0.1, -0.05) is 59.3 Å². The van der Waals surface area contributed by atoms with E-state index in [9.17, 15) is 14.0 Å². The lowest BCUT2D eigenvalue weighted by atomic mass is 10.2. The van der Waals surface area contributed by atoms with Crippen LogP contribution in [0.4, 0.5) is 10.1 Å². The van der Waals surface area contributed by atoms with Crippen LogP contribution in [0.15, 0.2) is 41.3 Å². The number of benzene rings is 2. The number of nitrogens with zero attached hydrogens (tertiary/aromatic N) is 1. The van der Waals surface area contributed by atoms with Gasteiger partial charge in [-0.2, -0.15) is 0 Å². The Bertz CT molecular complexity index is 1040. The fourth-order valence-electron chi connectivity index (χ4n) is 2.59. The number of esters is 1. The smallest absolute Gasteiger partial charge is 0.344 e. The predicted octanol–water partition coefficient (Wildman–Crippen LogP) is 5.48. The van der Waals surface area contributed by atoms with E-state index in [0.29, 0.717) is 5.56 Å². The molecule has 0 atom stereocenters. The third kappa shape index (κ3) is 4.95. The van der Waals surface area contributed by atoms with Gasteiger partial charge in [-0.05, 0) is 42.8 Å². The summed E-state index contributed by atoms with van der Waals surface area (Å²) in [5, 5.41) is 0.310. The number of rotatable bonds is 6. The summed E-state index contributed by atoms with van der Waals surface area (Å²) < 4.78 is 24.4. The maximum absolute atomic E-state index is 14.1. The lowest BCUT2D eigenvalue weighted by Gasteiger charge is -2.14. The maximum Gasteiger partial charge on any atom is 0.344 e. The normalized spacial score (nSPS) is 15.1. The number of carbonyl (C=O) groups excluding carboxylic acids is 2. The summed E-state index contributed by atoms with van der Waals surface area (Å²) in [5.74, 6) is -1.43. The van der Waals surface area contributed by atoms with Gasteiger partial charge in [-0.3, -0.25) is 9.69 Å². The largest absolute Gasteiger partial charge is 0.479 e. The minimum absolute atomic E-state index is 0.0854. The summed E-state index contributed by atoms with van der Waals surface area (Å²) in [5.41, 5.74) is 0.602. The van der Waals surface area contributed by atoms with Gasteiger partial charge in [0.25, 0.3) is 5.91 Å². The quantitative estimate of drug-likeness (QED) is 0.306. The molecule has 0 N–H and O–H groups in total. The highest BCUT2D eigenvalue weighted by Crippen LogP contribution is 2.39. The molecule has 0 spiro atoms. The van der Waals surface area contributed by atoms with Crippen molar-refractivity contribution in [3.05, 3.63) is 62.7 Å². The molecule has 30 heavy (non-hydrogen) atoms. The number of hydrogen-bond acceptors (Lipinski definition) is 6. The van der Waals surface area contributed by atoms with E-state index in [1.165, 1.54) is 30.3 Å². The number of thioether (sulfide) groups is 1. The van der Waals surface area contributed by atoms with E-state index in [-0.39, 0.29) is 43.9 Å². The Hall–Kier alpha value is -2.13. The number of ether oxygens (including phenoxy) is 2. The first kappa shape index (κ1) is 22.6. The van der Waals surface area contributed by atoms with Gasteiger partial charge < -0.3 is 9.47 Å². The van der Waals surface area contributed by atoms with Crippen molar-refractivity contribution in [2.45, 2.75) is 6.92 Å². The molecule has 10 heteroatoms. The summed E-state index contributed by atoms with van der Waals surface area (Å²) in [7, 11) is 0. The van der Waals surface area contributed by atoms with Crippen LogP contribution >= 0.6 is 47.2 Å². The second kappa shape index (κ2) is 9.78. The van der Waals surface area contributed by atoms with Crippen LogP contribution in [0, 0.1) is 5.82 Å². The van der Waals surface area contributed by atoms with Crippen molar-refractivity contribution in [3.8, 4) is 5.75 Å². The van der Waals surface area contributed by atoms with Crippen molar-refractivity contribution in [2.24, 2.45) is 0 Å². The number of amides is 1. The zero-order valence-electron chi connectivity index (χ0n) is 15.5. The standard InChI is InChI=1S/C20H14Cl2FNO4S2/c1-2-27-17(25)10-28-18-12(21)7-11(8-13(18)22)9-16-19(26)24(20(29)30-16)15-6-4-3-5-14(15)23/h3-9H,2,10H2,1H3/b16-9+. The van der Waals surface area contributed by atoms with Gasteiger partial charge in [-0.15, -0.1) is 0 Å². The zero-order valence-corrected chi connectivity index (χ0v) is 18.6. The highest BCUT2D eigenvalue weighted by atomic mass is 35.5. The molecule has 1 aliphatic heterocycles. The van der Waals surface area contributed by atoms with Crippen molar-refractivity contribution < 1.29 is 23.5 Å². The molecule has 1 amide bonds. The van der Waals surface area contributed by atoms with Gasteiger partial charge in [0.2, 0.25) is 0 Å². The zero-order chi connectivity index (χ0) is 21.8. The molecule has 156 valence electrons. The number of thiocarbonyl (C=S) groups is 1. The Balaban J connectivity index is 1.83. The Morgan fingerprint density at radius 2 is 1.93 bits per heavy atom. The first-order chi connectivity index (χ1) is 14.3. The van der Waals surface area contributed by atoms with Gasteiger partial charge in [0.1, 0.15) is 5.82 Å². The summed E-state index contributed by atoms with van der Waals surface area (Å²) in [6.45, 7) is 1.57. The average Bonchev–Trinajstić information content (AvgIpc) is 2.95. The van der Waals surface area contributed by atoms with Crippen molar-refractivity contribution in [1.29, 1.82) is 0 Å². The van der Waals surface area contributed by atoms with Crippen LogP contribution in [-0.4, -0.2) is 29.4 Å². The lowest BCUT2D eigenvalue weighted by Crippen LogP contribution is -2.28. The van der Waals surface area contributed by atoms with Crippen LogP contribution in [0.5, 0.6) is 5.75 Å². The number of para-hydroxylation sites is 1. The highest BCUT2D eigenvalue weighted by Gasteiger charge is 2.34. The molecule has 1 aliphatic rings. The first-order valence-corrected chi connectivity index (χ1v) is 10.6. The van der Waals surface area contributed by atoms with Gasteiger partial charge >= 0.3 is 5.97 Å². The number of hydrogen-bond donors (Lipinski definition) is 0. The van der Waals surface area contributed by atoms with Crippen molar-refractivity contribution in [2.75, 3.05) is 18.1 Å². The Labute approximate surface area is 191 Å². The molecule has 1 fully saturated rings. The summed E-state index contributed by atoms with van der Waals surface area (Å²) in [6, 6.07) is 8.95. The van der Waals surface area contributed by atoms with Crippen LogP contribution in [0.25, 0.3) is 6.08 Å². The van der Waals surface area contributed by atoms with E-state index in [1.807, 2.05) is 0 Å². The number of carbonyl (C=O) groups is 2. The second-order valence-corrected chi connectivity index (χ2v) is 8.37. The van der Waals surface area contributed by atoms with Gasteiger partial charge in [-0.25, -0.2) is 9.18 Å². The molecule has 0 unspecified atom stereocenters.